The summed E-state index contributed by atoms with van der Waals surface area (Å²) in [6.07, 6.45) is 1.89. The van der Waals surface area contributed by atoms with Gasteiger partial charge in [0.15, 0.2) is 0 Å². The van der Waals surface area contributed by atoms with Crippen LogP contribution in [0.3, 0.4) is 0 Å². The third kappa shape index (κ3) is 5.18. The molecular formula is C26H30N2O5. The third-order valence-corrected chi connectivity index (χ3v) is 6.72. The van der Waals surface area contributed by atoms with Crippen LogP contribution in [-0.2, 0) is 14.3 Å². The molecule has 0 unspecified atom stereocenters. The Bertz CT molecular complexity index is 991. The number of hydrogen-bond acceptors (Lipinski definition) is 4. The summed E-state index contributed by atoms with van der Waals surface area (Å²) >= 11 is 0. The van der Waals surface area contributed by atoms with Gasteiger partial charge in [0.05, 0.1) is 6.42 Å². The molecule has 3 N–H and O–H groups in total. The highest BCUT2D eigenvalue weighted by Crippen LogP contribution is 2.44. The number of hydrogen-bond donors (Lipinski definition) is 3. The van der Waals surface area contributed by atoms with Gasteiger partial charge in [-0.3, -0.25) is 9.59 Å². The Morgan fingerprint density at radius 1 is 1.03 bits per heavy atom. The summed E-state index contributed by atoms with van der Waals surface area (Å²) in [4.78, 5) is 35.9. The maximum absolute atomic E-state index is 12.6. The van der Waals surface area contributed by atoms with Crippen molar-refractivity contribution < 1.29 is 24.2 Å². The van der Waals surface area contributed by atoms with E-state index in [4.69, 9.17) is 9.84 Å². The molecule has 1 saturated carbocycles. The molecular weight excluding hydrogens is 420 g/mol. The normalized spacial score (nSPS) is 19.9. The highest BCUT2D eigenvalue weighted by Gasteiger charge is 2.34. The molecule has 0 aromatic heterocycles. The van der Waals surface area contributed by atoms with Crippen molar-refractivity contribution >= 4 is 18.0 Å². The molecule has 0 bridgehead atoms. The molecule has 0 spiro atoms. The van der Waals surface area contributed by atoms with Gasteiger partial charge in [-0.2, -0.15) is 0 Å². The lowest BCUT2D eigenvalue weighted by molar-refractivity contribution is -0.137. The Morgan fingerprint density at radius 3 is 2.30 bits per heavy atom. The van der Waals surface area contributed by atoms with Gasteiger partial charge < -0.3 is 20.5 Å². The van der Waals surface area contributed by atoms with Crippen LogP contribution in [0, 0.1) is 11.8 Å². The zero-order valence-corrected chi connectivity index (χ0v) is 18.8. The Labute approximate surface area is 193 Å². The molecule has 2 amide bonds. The fraction of sp³-hybridized carbons (Fsp3) is 0.423. The lowest BCUT2D eigenvalue weighted by Gasteiger charge is -2.22. The summed E-state index contributed by atoms with van der Waals surface area (Å²) in [5, 5.41) is 14.5. The van der Waals surface area contributed by atoms with Gasteiger partial charge in [-0.1, -0.05) is 55.0 Å². The topological polar surface area (TPSA) is 105 Å². The number of fused-ring (bicyclic) bond motifs is 3. The van der Waals surface area contributed by atoms with E-state index in [2.05, 4.69) is 34.9 Å². The number of carboxylic acids is 1. The van der Waals surface area contributed by atoms with E-state index in [1.165, 1.54) is 11.1 Å². The predicted molar refractivity (Wildman–Crippen MR) is 124 cm³/mol. The smallest absolute Gasteiger partial charge is 0.407 e. The summed E-state index contributed by atoms with van der Waals surface area (Å²) in [6, 6.07) is 16.0. The van der Waals surface area contributed by atoms with Crippen LogP contribution in [0.25, 0.3) is 11.1 Å². The molecule has 0 radical (unpaired) electrons. The van der Waals surface area contributed by atoms with Crippen LogP contribution in [0.2, 0.25) is 0 Å². The first-order valence-corrected chi connectivity index (χ1v) is 11.5. The van der Waals surface area contributed by atoms with Gasteiger partial charge in [0.2, 0.25) is 5.91 Å². The fourth-order valence-corrected chi connectivity index (χ4v) is 5.15. The van der Waals surface area contributed by atoms with E-state index >= 15 is 0 Å². The van der Waals surface area contributed by atoms with Gasteiger partial charge >= 0.3 is 12.1 Å². The summed E-state index contributed by atoms with van der Waals surface area (Å²) in [5.41, 5.74) is 4.68. The second-order valence-electron chi connectivity index (χ2n) is 9.01. The van der Waals surface area contributed by atoms with Gasteiger partial charge in [0, 0.05) is 24.4 Å². The van der Waals surface area contributed by atoms with Crippen molar-refractivity contribution in [2.24, 2.45) is 11.8 Å². The average Bonchev–Trinajstić information content (AvgIpc) is 3.38. The SMILES string of the molecule is C[C@@H](CC(=O)O)NC(=O)[C@@H]1CCC[C@@H]1CNC(=O)OCC1c2ccccc2-c2ccccc21. The van der Waals surface area contributed by atoms with Crippen molar-refractivity contribution in [2.75, 3.05) is 13.2 Å². The molecule has 2 aliphatic carbocycles. The Balaban J connectivity index is 1.29. The minimum atomic E-state index is -0.942. The number of nitrogens with one attached hydrogen (secondary N) is 2. The quantitative estimate of drug-likeness (QED) is 0.565. The number of benzene rings is 2. The fourth-order valence-electron chi connectivity index (χ4n) is 5.15. The molecule has 0 saturated heterocycles. The molecule has 0 aliphatic heterocycles. The Hall–Kier alpha value is -3.35. The van der Waals surface area contributed by atoms with Crippen molar-refractivity contribution in [2.45, 2.75) is 44.6 Å². The number of aliphatic carboxylic acids is 1. The highest BCUT2D eigenvalue weighted by atomic mass is 16.5. The zero-order chi connectivity index (χ0) is 23.4. The zero-order valence-electron chi connectivity index (χ0n) is 18.8. The highest BCUT2D eigenvalue weighted by molar-refractivity contribution is 5.81. The summed E-state index contributed by atoms with van der Waals surface area (Å²) < 4.78 is 5.59. The van der Waals surface area contributed by atoms with E-state index in [1.807, 2.05) is 24.3 Å². The Kier molecular flexibility index (Phi) is 6.96. The molecule has 2 aliphatic rings. The van der Waals surface area contributed by atoms with Crippen LogP contribution in [0.5, 0.6) is 0 Å². The number of carbonyl (C=O) groups is 3. The van der Waals surface area contributed by atoms with Crippen LogP contribution in [-0.4, -0.2) is 42.3 Å². The van der Waals surface area contributed by atoms with E-state index in [-0.39, 0.29) is 36.7 Å². The third-order valence-electron chi connectivity index (χ3n) is 6.72. The summed E-state index contributed by atoms with van der Waals surface area (Å²) in [6.45, 7) is 2.30. The number of amides is 2. The molecule has 1 fully saturated rings. The number of carboxylic acid groups (broad SMARTS) is 1. The average molecular weight is 451 g/mol. The standard InChI is InChI=1S/C26H30N2O5/c1-16(13-24(29)30)28-25(31)18-12-6-7-17(18)14-27-26(32)33-15-23-21-10-4-2-8-19(21)20-9-3-5-11-22(20)23/h2-5,8-11,16-18,23H,6-7,12-15H2,1H3,(H,27,32)(H,28,31)(H,29,30)/t16-,17+,18+/m0/s1. The van der Waals surface area contributed by atoms with Crippen LogP contribution in [0.1, 0.15) is 49.7 Å². The molecule has 7 heteroatoms. The second-order valence-corrected chi connectivity index (χ2v) is 9.01. The largest absolute Gasteiger partial charge is 0.481 e. The second kappa shape index (κ2) is 10.1. The first-order valence-electron chi connectivity index (χ1n) is 11.5. The first kappa shape index (κ1) is 22.8. The van der Waals surface area contributed by atoms with Crippen molar-refractivity contribution in [1.29, 1.82) is 0 Å². The van der Waals surface area contributed by atoms with E-state index < -0.39 is 18.1 Å². The summed E-state index contributed by atoms with van der Waals surface area (Å²) in [5.74, 6) is -1.29. The maximum Gasteiger partial charge on any atom is 0.407 e. The number of ether oxygens (including phenoxy) is 1. The van der Waals surface area contributed by atoms with E-state index in [0.717, 1.165) is 30.4 Å². The lowest BCUT2D eigenvalue weighted by atomic mass is 9.94. The number of rotatable bonds is 8. The lowest BCUT2D eigenvalue weighted by Crippen LogP contribution is -2.42. The van der Waals surface area contributed by atoms with E-state index in [9.17, 15) is 14.4 Å². The van der Waals surface area contributed by atoms with Gasteiger partial charge in [0.1, 0.15) is 6.61 Å². The van der Waals surface area contributed by atoms with Crippen LogP contribution in [0.15, 0.2) is 48.5 Å². The molecule has 2 aromatic rings. The minimum absolute atomic E-state index is 0.00359. The van der Waals surface area contributed by atoms with Crippen molar-refractivity contribution in [1.82, 2.24) is 10.6 Å². The monoisotopic (exact) mass is 450 g/mol. The van der Waals surface area contributed by atoms with Crippen molar-refractivity contribution in [3.8, 4) is 11.1 Å². The van der Waals surface area contributed by atoms with Crippen LogP contribution >= 0.6 is 0 Å². The van der Waals surface area contributed by atoms with E-state index in [0.29, 0.717) is 6.54 Å². The maximum atomic E-state index is 12.6. The predicted octanol–water partition coefficient (Wildman–Crippen LogP) is 3.92. The van der Waals surface area contributed by atoms with Crippen molar-refractivity contribution in [3.63, 3.8) is 0 Å². The van der Waals surface area contributed by atoms with Gasteiger partial charge in [-0.05, 0) is 47.9 Å². The molecule has 7 nitrogen and oxygen atoms in total. The van der Waals surface area contributed by atoms with Gasteiger partial charge in [0.25, 0.3) is 0 Å². The summed E-state index contributed by atoms with van der Waals surface area (Å²) in [7, 11) is 0. The Morgan fingerprint density at radius 2 is 1.67 bits per heavy atom. The van der Waals surface area contributed by atoms with Crippen molar-refractivity contribution in [3.05, 3.63) is 59.7 Å². The molecule has 4 rings (SSSR count). The first-order chi connectivity index (χ1) is 15.9. The van der Waals surface area contributed by atoms with Gasteiger partial charge in [-0.25, -0.2) is 4.79 Å². The molecule has 174 valence electrons. The minimum Gasteiger partial charge on any atom is -0.481 e. The molecule has 0 heterocycles. The number of alkyl carbamates (subject to hydrolysis) is 1. The molecule has 2 aromatic carbocycles. The number of carbonyl (C=O) groups excluding carboxylic acids is 2. The van der Waals surface area contributed by atoms with Crippen LogP contribution < -0.4 is 10.6 Å². The van der Waals surface area contributed by atoms with Crippen LogP contribution in [0.4, 0.5) is 4.79 Å². The van der Waals surface area contributed by atoms with E-state index in [1.54, 1.807) is 6.92 Å². The molecule has 33 heavy (non-hydrogen) atoms. The van der Waals surface area contributed by atoms with Gasteiger partial charge in [-0.15, -0.1) is 0 Å². The molecule has 3 atom stereocenters.